The number of Topliss-reactive ketones (excluding diaryl/α,β-unsaturated/α-hetero) is 1. The molecule has 1 aromatic carbocycles. The minimum atomic E-state index is -0.468. The molecule has 6 nitrogen and oxygen atoms in total. The largest absolute Gasteiger partial charge is 0.344 e. The van der Waals surface area contributed by atoms with Crippen molar-refractivity contribution >= 4 is 28.9 Å². The van der Waals surface area contributed by atoms with Gasteiger partial charge in [-0.3, -0.25) is 9.69 Å². The van der Waals surface area contributed by atoms with E-state index in [2.05, 4.69) is 56.7 Å². The molecule has 0 bridgehead atoms. The molecule has 1 aliphatic heterocycles. The lowest BCUT2D eigenvalue weighted by atomic mass is 9.87. The zero-order chi connectivity index (χ0) is 22.2. The number of likely N-dealkylation sites (tertiary alicyclic amines) is 1. The summed E-state index contributed by atoms with van der Waals surface area (Å²) in [5.41, 5.74) is 4.52. The average molecular weight is 438 g/mol. The Bertz CT molecular complexity index is 1090. The summed E-state index contributed by atoms with van der Waals surface area (Å²) in [5, 5.41) is 0. The van der Waals surface area contributed by atoms with Gasteiger partial charge in [-0.15, -0.1) is 0 Å². The maximum Gasteiger partial charge on any atom is 0.171 e. The van der Waals surface area contributed by atoms with Gasteiger partial charge in [0, 0.05) is 42.9 Å². The second-order valence-corrected chi connectivity index (χ2v) is 10.3. The van der Waals surface area contributed by atoms with Crippen LogP contribution >= 0.6 is 11.9 Å². The van der Waals surface area contributed by atoms with Crippen LogP contribution in [0.15, 0.2) is 36.7 Å². The van der Waals surface area contributed by atoms with Gasteiger partial charge in [0.1, 0.15) is 5.52 Å². The molecule has 0 amide bonds. The van der Waals surface area contributed by atoms with E-state index in [1.54, 1.807) is 24.3 Å². The second-order valence-electron chi connectivity index (χ2n) is 9.34. The molecule has 0 saturated carbocycles. The van der Waals surface area contributed by atoms with Crippen molar-refractivity contribution in [2.75, 3.05) is 26.4 Å². The fourth-order valence-electron chi connectivity index (χ4n) is 4.10. The van der Waals surface area contributed by atoms with Crippen LogP contribution in [0.3, 0.4) is 0 Å². The van der Waals surface area contributed by atoms with Gasteiger partial charge in [0.2, 0.25) is 0 Å². The number of likely N-dealkylation sites (N-methyl/N-ethyl adjacent to an activating group) is 1. The topological polar surface area (TPSA) is 65.1 Å². The maximum absolute atomic E-state index is 12.8. The van der Waals surface area contributed by atoms with Crippen LogP contribution in [0.4, 0.5) is 0 Å². The fraction of sp³-hybridized carbons (Fsp3) is 0.458. The van der Waals surface area contributed by atoms with Crippen molar-refractivity contribution in [2.24, 2.45) is 5.41 Å². The van der Waals surface area contributed by atoms with Crippen LogP contribution in [0.5, 0.6) is 0 Å². The van der Waals surface area contributed by atoms with Gasteiger partial charge in [-0.1, -0.05) is 50.9 Å². The summed E-state index contributed by atoms with van der Waals surface area (Å²) < 4.78 is 2.36. The Morgan fingerprint density at radius 3 is 2.90 bits per heavy atom. The highest BCUT2D eigenvalue weighted by molar-refractivity contribution is 7.96. The van der Waals surface area contributed by atoms with E-state index in [4.69, 9.17) is 4.98 Å². The van der Waals surface area contributed by atoms with Gasteiger partial charge < -0.3 is 4.98 Å². The van der Waals surface area contributed by atoms with Crippen molar-refractivity contribution in [1.29, 1.82) is 0 Å². The minimum absolute atomic E-state index is 0.0674. The van der Waals surface area contributed by atoms with Gasteiger partial charge in [0.25, 0.3) is 0 Å². The van der Waals surface area contributed by atoms with Gasteiger partial charge in [0.15, 0.2) is 11.4 Å². The normalized spacial score (nSPS) is 17.7. The molecule has 1 fully saturated rings. The monoisotopic (exact) mass is 437 g/mol. The highest BCUT2D eigenvalue weighted by atomic mass is 32.2. The number of benzene rings is 1. The first-order valence-corrected chi connectivity index (χ1v) is 11.9. The van der Waals surface area contributed by atoms with E-state index < -0.39 is 5.41 Å². The molecule has 1 atom stereocenters. The van der Waals surface area contributed by atoms with E-state index in [1.165, 1.54) is 12.0 Å². The van der Waals surface area contributed by atoms with E-state index in [9.17, 15) is 4.79 Å². The molecule has 2 aromatic heterocycles. The smallest absolute Gasteiger partial charge is 0.171 e. The molecule has 0 aliphatic carbocycles. The van der Waals surface area contributed by atoms with E-state index in [1.807, 2.05) is 20.8 Å². The number of hydrogen-bond acceptors (Lipinski definition) is 6. The lowest BCUT2D eigenvalue weighted by Crippen LogP contribution is -2.29. The van der Waals surface area contributed by atoms with Crippen LogP contribution in [0.2, 0.25) is 0 Å². The number of aromatic nitrogens is 3. The van der Waals surface area contributed by atoms with E-state index >= 15 is 0 Å². The summed E-state index contributed by atoms with van der Waals surface area (Å²) >= 11 is 1.80. The molecule has 31 heavy (non-hydrogen) atoms. The van der Waals surface area contributed by atoms with Crippen molar-refractivity contribution in [2.45, 2.75) is 39.8 Å². The number of ketones is 1. The number of rotatable bonds is 6. The number of aromatic amines is 1. The zero-order valence-corrected chi connectivity index (χ0v) is 19.8. The maximum atomic E-state index is 12.8. The number of carbonyl (C=O) groups excluding carboxylic acids is 1. The third-order valence-electron chi connectivity index (χ3n) is 5.99. The number of hydrogen-bond donors (Lipinski definition) is 1. The molecular formula is C24H31N5OS. The van der Waals surface area contributed by atoms with Crippen LogP contribution < -0.4 is 0 Å². The summed E-state index contributed by atoms with van der Waals surface area (Å²) in [4.78, 5) is 27.8. The first-order valence-electron chi connectivity index (χ1n) is 10.7. The molecular weight excluding hydrogens is 406 g/mol. The van der Waals surface area contributed by atoms with Crippen LogP contribution in [-0.4, -0.2) is 62.4 Å². The SMILES string of the molecule is CSN(C)C1CCN(Cc2cccc(-c3cnc4[nH]cc(C(=O)C(C)(C)C)c4n3)c2)C1. The first-order chi connectivity index (χ1) is 14.8. The van der Waals surface area contributed by atoms with E-state index in [-0.39, 0.29) is 5.78 Å². The predicted octanol–water partition coefficient (Wildman–Crippen LogP) is 4.64. The average Bonchev–Trinajstić information content (AvgIpc) is 3.38. The summed E-state index contributed by atoms with van der Waals surface area (Å²) in [6.45, 7) is 8.92. The molecule has 1 aliphatic rings. The lowest BCUT2D eigenvalue weighted by molar-refractivity contribution is 0.0860. The van der Waals surface area contributed by atoms with Gasteiger partial charge in [-0.2, -0.15) is 0 Å². The quantitative estimate of drug-likeness (QED) is 0.448. The number of nitrogens with zero attached hydrogens (tertiary/aromatic N) is 4. The van der Waals surface area contributed by atoms with Crippen molar-refractivity contribution in [1.82, 2.24) is 24.2 Å². The number of H-pyrrole nitrogens is 1. The Morgan fingerprint density at radius 1 is 1.35 bits per heavy atom. The molecule has 1 unspecified atom stereocenters. The Morgan fingerprint density at radius 2 is 2.16 bits per heavy atom. The molecule has 1 N–H and O–H groups in total. The molecule has 4 rings (SSSR count). The molecule has 0 radical (unpaired) electrons. The van der Waals surface area contributed by atoms with E-state index in [0.29, 0.717) is 22.8 Å². The highest BCUT2D eigenvalue weighted by Crippen LogP contribution is 2.28. The number of carbonyl (C=O) groups is 1. The number of nitrogens with one attached hydrogen (secondary N) is 1. The van der Waals surface area contributed by atoms with Gasteiger partial charge in [-0.05, 0) is 31.4 Å². The van der Waals surface area contributed by atoms with Gasteiger partial charge in [-0.25, -0.2) is 14.3 Å². The molecule has 7 heteroatoms. The first kappa shape index (κ1) is 22.0. The summed E-state index contributed by atoms with van der Waals surface area (Å²) in [5.74, 6) is 0.0674. The van der Waals surface area contributed by atoms with Crippen LogP contribution in [0.1, 0.15) is 43.1 Å². The third-order valence-corrected chi connectivity index (χ3v) is 6.86. The molecule has 3 heterocycles. The summed E-state index contributed by atoms with van der Waals surface area (Å²) in [6, 6.07) is 9.12. The standard InChI is InChI=1S/C24H31N5OS/c1-24(2,3)22(30)19-12-25-23-21(19)27-20(13-26-23)17-8-6-7-16(11-17)14-29-10-9-18(15-29)28(4)31-5/h6-8,11-13,18H,9-10,14-15H2,1-5H3,(H,25,26). The van der Waals surface area contributed by atoms with Crippen molar-refractivity contribution in [3.05, 3.63) is 47.8 Å². The number of fused-ring (bicyclic) bond motifs is 1. The molecule has 3 aromatic rings. The van der Waals surface area contributed by atoms with Gasteiger partial charge >= 0.3 is 0 Å². The van der Waals surface area contributed by atoms with Crippen LogP contribution in [0, 0.1) is 5.41 Å². The minimum Gasteiger partial charge on any atom is -0.344 e. The summed E-state index contributed by atoms with van der Waals surface area (Å²) in [6.07, 6.45) is 6.85. The van der Waals surface area contributed by atoms with E-state index in [0.717, 1.165) is 30.9 Å². The molecule has 1 saturated heterocycles. The highest BCUT2D eigenvalue weighted by Gasteiger charge is 2.27. The summed E-state index contributed by atoms with van der Waals surface area (Å²) in [7, 11) is 2.17. The van der Waals surface area contributed by atoms with Crippen molar-refractivity contribution in [3.63, 3.8) is 0 Å². The van der Waals surface area contributed by atoms with Crippen molar-refractivity contribution in [3.8, 4) is 11.3 Å². The molecule has 0 spiro atoms. The van der Waals surface area contributed by atoms with Crippen LogP contribution in [0.25, 0.3) is 22.4 Å². The lowest BCUT2D eigenvalue weighted by Gasteiger charge is -2.22. The Hall–Kier alpha value is -2.22. The van der Waals surface area contributed by atoms with Crippen LogP contribution in [-0.2, 0) is 6.54 Å². The predicted molar refractivity (Wildman–Crippen MR) is 128 cm³/mol. The Balaban J connectivity index is 1.57. The van der Waals surface area contributed by atoms with Gasteiger partial charge in [0.05, 0.1) is 17.5 Å². The van der Waals surface area contributed by atoms with Crippen molar-refractivity contribution < 1.29 is 4.79 Å². The zero-order valence-electron chi connectivity index (χ0n) is 19.0. The Kier molecular flexibility index (Phi) is 6.19. The third kappa shape index (κ3) is 4.68. The fourth-order valence-corrected chi connectivity index (χ4v) is 4.57. The molecule has 164 valence electrons. The Labute approximate surface area is 188 Å². The second kappa shape index (κ2) is 8.73.